The molecular formula is C125H184N8O16. The number of ether oxygens (including phenoxy) is 4. The van der Waals surface area contributed by atoms with E-state index in [1.54, 1.807) is 7.11 Å². The molecule has 20 aliphatic rings. The minimum atomic E-state index is -0.632. The van der Waals surface area contributed by atoms with Crippen LogP contribution in [0.15, 0.2) is 49.8 Å². The molecule has 13 saturated carbocycles. The van der Waals surface area contributed by atoms with Crippen LogP contribution in [0.25, 0.3) is 9.69 Å². The van der Waals surface area contributed by atoms with Crippen LogP contribution >= 0.6 is 0 Å². The van der Waals surface area contributed by atoms with Gasteiger partial charge in [0, 0.05) is 76.1 Å². The van der Waals surface area contributed by atoms with E-state index < -0.39 is 37.9 Å². The first kappa shape index (κ1) is 109. The highest BCUT2D eigenvalue weighted by molar-refractivity contribution is 6.02. The van der Waals surface area contributed by atoms with Gasteiger partial charge in [-0.15, -0.1) is 0 Å². The number of nitrogens with one attached hydrogen (secondary N) is 3. The Morgan fingerprint density at radius 1 is 0.369 bits per heavy atom. The Bertz CT molecular complexity index is 5910. The average molecular weight is 2050 g/mol. The Labute approximate surface area is 889 Å². The average Bonchev–Trinajstić information content (AvgIpc) is 1.59. The fourth-order valence-electron chi connectivity index (χ4n) is 43.6. The summed E-state index contributed by atoms with van der Waals surface area (Å²) in [5, 5.41) is 44.8. The number of methoxy groups -OCH3 is 4. The Kier molecular flexibility index (Phi) is 26.3. The molecule has 2 aromatic rings. The number of hydrogen-bond donors (Lipinski definition) is 5. The number of aliphatic hydroxyl groups is 1. The maximum Gasteiger partial charge on any atom is 0.312 e. The number of ketones is 1. The molecule has 24 nitrogen and oxygen atoms in total. The number of hydrogen-bond acceptors (Lipinski definition) is 19. The predicted molar refractivity (Wildman–Crippen MR) is 569 cm³/mol. The summed E-state index contributed by atoms with van der Waals surface area (Å²) in [6.45, 7) is 73.2. The van der Waals surface area contributed by atoms with Crippen molar-refractivity contribution < 1.29 is 76.7 Å². The summed E-state index contributed by atoms with van der Waals surface area (Å²) in [5.74, 6) is 5.61. The van der Waals surface area contributed by atoms with Gasteiger partial charge in [0.05, 0.1) is 81.3 Å². The zero-order valence-electron chi connectivity index (χ0n) is 96.3. The molecule has 22 rings (SSSR count). The zero-order valence-corrected chi connectivity index (χ0v) is 96.3. The van der Waals surface area contributed by atoms with Gasteiger partial charge in [-0.3, -0.25) is 33.6 Å². The van der Waals surface area contributed by atoms with Gasteiger partial charge in [0.2, 0.25) is 29.1 Å². The highest BCUT2D eigenvalue weighted by Gasteiger charge is 2.77. The van der Waals surface area contributed by atoms with Gasteiger partial charge in [-0.2, -0.15) is 0 Å². The smallest absolute Gasteiger partial charge is 0.312 e. The van der Waals surface area contributed by atoms with Crippen LogP contribution in [-0.2, 0) is 81.0 Å². The van der Waals surface area contributed by atoms with Gasteiger partial charge in [-0.05, 0) is 365 Å². The second-order valence-electron chi connectivity index (χ2n) is 61.1. The predicted octanol–water partition coefficient (Wildman–Crippen LogP) is 25.2. The van der Waals surface area contributed by atoms with Gasteiger partial charge in [-0.25, -0.2) is 9.69 Å². The number of aliphatic hydroxyl groups excluding tert-OH is 1. The lowest BCUT2D eigenvalue weighted by molar-refractivity contribution is -0.213. The van der Waals surface area contributed by atoms with Gasteiger partial charge in [0.25, 0.3) is 0 Å². The van der Waals surface area contributed by atoms with Crippen LogP contribution in [0.2, 0.25) is 0 Å². The third-order valence-corrected chi connectivity index (χ3v) is 51.0. The summed E-state index contributed by atoms with van der Waals surface area (Å²) in [5.41, 5.74) is 0.495. The van der Waals surface area contributed by atoms with Gasteiger partial charge < -0.3 is 59.1 Å². The number of allylic oxidation sites excluding steroid dienone is 4. The van der Waals surface area contributed by atoms with Crippen molar-refractivity contribution in [3.05, 3.63) is 81.1 Å². The Morgan fingerprint density at radius 3 is 1.09 bits per heavy atom. The number of amides is 3. The van der Waals surface area contributed by atoms with Gasteiger partial charge in [0.1, 0.15) is 17.3 Å². The van der Waals surface area contributed by atoms with Crippen LogP contribution in [0.1, 0.15) is 408 Å². The molecule has 0 bridgehead atoms. The molecule has 24 heteroatoms. The molecule has 5 heterocycles. The molecule has 2 aromatic heterocycles. The molecule has 0 radical (unpaired) electrons. The van der Waals surface area contributed by atoms with Crippen molar-refractivity contribution in [3.63, 3.8) is 0 Å². The third-order valence-electron chi connectivity index (χ3n) is 51.0. The maximum absolute atomic E-state index is 13.8. The number of esters is 4. The molecule has 3 amide bonds. The van der Waals surface area contributed by atoms with Crippen molar-refractivity contribution in [2.45, 2.75) is 427 Å². The number of nitrogens with zero attached hydrogens (tertiary/aromatic N) is 5. The van der Waals surface area contributed by atoms with Crippen LogP contribution in [0, 0.1) is 211 Å². The van der Waals surface area contributed by atoms with E-state index in [-0.39, 0.29) is 224 Å². The highest BCUT2D eigenvalue weighted by Crippen LogP contribution is 2.80. The van der Waals surface area contributed by atoms with E-state index in [2.05, 4.69) is 200 Å². The minimum absolute atomic E-state index is 0.00992. The second-order valence-corrected chi connectivity index (χ2v) is 61.1. The number of Topliss-reactive ketones (excluding diaryl/α,β-unsaturated/α-hetero) is 1. The molecule has 0 aromatic carbocycles. The summed E-state index contributed by atoms with van der Waals surface area (Å²) >= 11 is 0. The van der Waals surface area contributed by atoms with Crippen LogP contribution in [0.5, 0.6) is 0 Å². The van der Waals surface area contributed by atoms with Crippen LogP contribution in [-0.4, -0.2) is 120 Å². The molecule has 16 fully saturated rings. The monoisotopic (exact) mass is 2050 g/mol. The van der Waals surface area contributed by atoms with E-state index in [9.17, 15) is 48.7 Å². The first-order chi connectivity index (χ1) is 69.3. The highest BCUT2D eigenvalue weighted by atomic mass is 16.5. The number of aromatic nitrogens is 2. The molecule has 820 valence electrons. The third kappa shape index (κ3) is 15.7. The molecule has 0 spiro atoms. The van der Waals surface area contributed by atoms with E-state index in [4.69, 9.17) is 41.1 Å². The molecule has 5 N–H and O–H groups in total. The minimum Gasteiger partial charge on any atom is -0.523 e. The van der Waals surface area contributed by atoms with Crippen LogP contribution in [0.4, 0.5) is 0 Å². The lowest BCUT2D eigenvalue weighted by atomic mass is 9.31. The summed E-state index contributed by atoms with van der Waals surface area (Å²) in [6, 6.07) is -0.0913. The van der Waals surface area contributed by atoms with Crippen molar-refractivity contribution in [3.8, 4) is 0 Å². The van der Waals surface area contributed by atoms with Crippen molar-refractivity contribution in [2.75, 3.05) is 28.4 Å². The molecule has 3 aliphatic heterocycles. The fraction of sp³-hybridized carbons (Fsp3) is 0.832. The van der Waals surface area contributed by atoms with Crippen molar-refractivity contribution in [2.24, 2.45) is 203 Å². The standard InChI is InChI=1S/C32H48N2O4.2C31H46N2O4.C31H44N2O4/c1-27(2)11-13-32(26(35)37-8)14-12-31(7)24(20(32)17-27)21(34-36)15-23-29(5)16-19-18-33-38-25(19)28(3,4)22(29)9-10-30(23,31)6;1-27(2)12-13-31(26(35)36-7)11-8-19-24(20(31)16-27)33-23(34)14-22-29(19,5)10-9-21-28(3,4)25-18(17-32-37-25)15-30(21,22)6;2*1-27(2)13-14-31(26(36)37-8)12-9-18-24(19(31)16-27)33-23(34)15-22-29(18,5)11-10-21-28(3,4)25(35)20(32-7)17-30(21,22)6/h18,20,22-24,36H,9-17H2,1-8H3;17,19-22,24H,8-16H2,1-7H3,(H,33,34);18-19,21-22,24,35H,9-17H2,1-6,8H3,(H,33,34);17-19,21-22,24H,9-16H2,1-6,8H3,(H,33,34)/t20-,22-,23+,24-,29-,30+,31+,32-;19-,20+,21+,22+,24+,29+,30+,31?;2*18-,19+,21+,22+,24+,29+,30+,31?/m0111/s1. The van der Waals surface area contributed by atoms with E-state index in [0.29, 0.717) is 55.1 Å². The number of carbonyl (C=O) groups is 8. The van der Waals surface area contributed by atoms with Crippen LogP contribution < -0.4 is 16.0 Å². The normalized spacial score (nSPS) is 46.3. The Balaban J connectivity index is 0.000000125. The number of oxime groups is 1. The lowest BCUT2D eigenvalue weighted by Crippen LogP contribution is -2.69. The SMILES string of the molecule is COC(=O)C12CC[C@@H]3[C@H](NC(=O)C[C@H]4[C@@]3(C)CC[C@H]3C(C)(C)c5oncc5C[C@]43C)[C@@H]1CC(C)(C)CC2.COC(=O)[C@]12CCC(C)(C)C[C@H]1[C@H]1C(=NO)C[C@@H]3[C@@]4(C)Cc5cnoc5C(C)(C)[C@@H]4CC[C@@]3(C)[C@]1(C)CC2.[C-]#[N+]C1=C(O)C(C)(C)[C@@H]2CC[C@]3(C)[C@H](CC(=O)N[C@H]4[C@H]3CCC3(C(=O)OC)CCC(C)(C)C[C@@H]43)[C@@]2(C)C1.[C-]#[N+]C1=C[C@]2(C)[C@H]3CC(=O)N[C@H]4[C@@H](CCC5(C(=O)OC)CCC(C)(C)C[C@@H]45)[C@]3(C)CC[C@H]2C(C)(C)C1=O. The van der Waals surface area contributed by atoms with E-state index in [0.717, 1.165) is 216 Å². The number of carbonyl (C=O) groups excluding carboxylic acids is 8. The zero-order chi connectivity index (χ0) is 108. The molecule has 17 aliphatic carbocycles. The van der Waals surface area contributed by atoms with E-state index in [1.165, 1.54) is 32.5 Å². The van der Waals surface area contributed by atoms with Crippen molar-refractivity contribution >= 4 is 53.1 Å². The Morgan fingerprint density at radius 2 is 0.711 bits per heavy atom. The second kappa shape index (κ2) is 35.8. The Hall–Kier alpha value is -7.89. The number of rotatable bonds is 4. The maximum atomic E-state index is 13.8. The summed E-state index contributed by atoms with van der Waals surface area (Å²) in [7, 11) is 6.09. The van der Waals surface area contributed by atoms with Gasteiger partial charge in [-0.1, -0.05) is 195 Å². The van der Waals surface area contributed by atoms with Crippen molar-refractivity contribution in [1.82, 2.24) is 26.3 Å². The van der Waals surface area contributed by atoms with Crippen molar-refractivity contribution in [1.29, 1.82) is 0 Å². The van der Waals surface area contributed by atoms with Gasteiger partial charge >= 0.3 is 23.9 Å². The largest absolute Gasteiger partial charge is 0.523 e. The van der Waals surface area contributed by atoms with E-state index in [1.807, 2.05) is 32.3 Å². The summed E-state index contributed by atoms with van der Waals surface area (Å²) in [6.07, 6.45) is 37.0. The topological polar surface area (TPSA) is 323 Å². The molecular weight excluding hydrogens is 1870 g/mol. The summed E-state index contributed by atoms with van der Waals surface area (Å²) < 4.78 is 33.4. The molecule has 3 unspecified atom stereocenters. The molecule has 32 atom stereocenters. The summed E-state index contributed by atoms with van der Waals surface area (Å²) in [4.78, 5) is 116. The molecule has 3 saturated heterocycles. The first-order valence-corrected chi connectivity index (χ1v) is 58.1. The number of fused-ring (bicyclic) bond motifs is 30. The fourth-order valence-corrected chi connectivity index (χ4v) is 43.6. The molecule has 149 heavy (non-hydrogen) atoms. The first-order valence-electron chi connectivity index (χ1n) is 58.1. The van der Waals surface area contributed by atoms with E-state index >= 15 is 0 Å². The quantitative estimate of drug-likeness (QED) is 0.0624. The van der Waals surface area contributed by atoms with Gasteiger partial charge in [0.15, 0.2) is 5.78 Å². The lowest BCUT2D eigenvalue weighted by Gasteiger charge is -2.72. The van der Waals surface area contributed by atoms with Crippen LogP contribution in [0.3, 0.4) is 0 Å².